The molecule has 11 aromatic rings. The Labute approximate surface area is 438 Å². The number of methoxy groups -OCH3 is 1. The molecule has 0 fully saturated rings. The molecule has 0 spiro atoms. The molecule has 1 heterocycles. The number of ether oxygens (including phenoxy) is 1. The first-order chi connectivity index (χ1) is 35.9. The number of fused-ring (bicyclic) bond motifs is 3. The van der Waals surface area contributed by atoms with Gasteiger partial charge in [-0.1, -0.05) is 199 Å². The minimum Gasteiger partial charge on any atom is -0.497 e. The van der Waals surface area contributed by atoms with Gasteiger partial charge in [0.1, 0.15) is 5.75 Å². The van der Waals surface area contributed by atoms with Crippen molar-refractivity contribution < 1.29 is 4.74 Å². The van der Waals surface area contributed by atoms with E-state index in [2.05, 4.69) is 282 Å². The molecule has 10 aromatic carbocycles. The highest BCUT2D eigenvalue weighted by Crippen LogP contribution is 2.44. The van der Waals surface area contributed by atoms with E-state index in [1.807, 2.05) is 12.1 Å². The fraction of sp³-hybridized carbons (Fsp3) is 0.155. The predicted octanol–water partition coefficient (Wildman–Crippen LogP) is 20.2. The van der Waals surface area contributed by atoms with Gasteiger partial charge in [-0.05, 0) is 169 Å². The molecule has 0 bridgehead atoms. The predicted molar refractivity (Wildman–Crippen MR) is 315 cm³/mol. The first kappa shape index (κ1) is 47.9. The Hall–Kier alpha value is -8.40. The number of anilines is 3. The van der Waals surface area contributed by atoms with Crippen LogP contribution in [0.2, 0.25) is 0 Å². The Morgan fingerprint density at radius 2 is 0.716 bits per heavy atom. The summed E-state index contributed by atoms with van der Waals surface area (Å²) in [6.45, 7) is 14.2. The second-order valence-electron chi connectivity index (χ2n) is 22.1. The van der Waals surface area contributed by atoms with Crippen LogP contribution in [0.3, 0.4) is 0 Å². The third kappa shape index (κ3) is 9.91. The molecule has 1 unspecified atom stereocenters. The number of hydrogen-bond acceptors (Lipinski definition) is 2. The second kappa shape index (κ2) is 19.9. The normalized spacial score (nSPS) is 12.3. The largest absolute Gasteiger partial charge is 0.497 e. The van der Waals surface area contributed by atoms with Crippen LogP contribution in [0.15, 0.2) is 243 Å². The van der Waals surface area contributed by atoms with E-state index in [9.17, 15) is 0 Å². The van der Waals surface area contributed by atoms with Gasteiger partial charge in [-0.3, -0.25) is 0 Å². The van der Waals surface area contributed by atoms with Crippen LogP contribution in [0.4, 0.5) is 17.1 Å². The summed E-state index contributed by atoms with van der Waals surface area (Å²) in [5, 5.41) is 2.41. The van der Waals surface area contributed by atoms with Crippen molar-refractivity contribution >= 4 is 38.9 Å². The maximum atomic E-state index is 5.57. The molecular formula is C71H64N2O. The number of rotatable bonds is 12. The first-order valence-electron chi connectivity index (χ1n) is 26.0. The van der Waals surface area contributed by atoms with Gasteiger partial charge in [0.25, 0.3) is 0 Å². The monoisotopic (exact) mass is 961 g/mol. The van der Waals surface area contributed by atoms with Gasteiger partial charge in [-0.2, -0.15) is 0 Å². The molecule has 0 aliphatic rings. The molecule has 1 atom stereocenters. The number of nitrogens with zero attached hydrogens (tertiary/aromatic N) is 2. The lowest BCUT2D eigenvalue weighted by molar-refractivity contribution is 0.229. The Balaban J connectivity index is 0.939. The second-order valence-corrected chi connectivity index (χ2v) is 22.1. The zero-order valence-corrected chi connectivity index (χ0v) is 43.7. The molecule has 364 valence electrons. The molecule has 0 saturated carbocycles. The summed E-state index contributed by atoms with van der Waals surface area (Å²) in [6.07, 6.45) is 1.15. The molecule has 1 aromatic heterocycles. The summed E-state index contributed by atoms with van der Waals surface area (Å²) < 4.78 is 7.95. The van der Waals surface area contributed by atoms with Gasteiger partial charge in [-0.25, -0.2) is 0 Å². The summed E-state index contributed by atoms with van der Waals surface area (Å²) in [5.41, 5.74) is 20.5. The topological polar surface area (TPSA) is 17.4 Å². The zero-order chi connectivity index (χ0) is 51.0. The fourth-order valence-corrected chi connectivity index (χ4v) is 10.8. The van der Waals surface area contributed by atoms with Gasteiger partial charge in [0.05, 0.1) is 18.1 Å². The van der Waals surface area contributed by atoms with Gasteiger partial charge < -0.3 is 14.2 Å². The lowest BCUT2D eigenvalue weighted by Crippen LogP contribution is -2.23. The molecule has 3 nitrogen and oxygen atoms in total. The van der Waals surface area contributed by atoms with Crippen molar-refractivity contribution in [3.8, 4) is 67.1 Å². The van der Waals surface area contributed by atoms with Crippen molar-refractivity contribution in [2.45, 2.75) is 53.9 Å². The molecule has 0 saturated heterocycles. The molecule has 74 heavy (non-hydrogen) atoms. The van der Waals surface area contributed by atoms with E-state index in [1.54, 1.807) is 7.11 Å². The minimum atomic E-state index is 0.184. The molecule has 0 amide bonds. The van der Waals surface area contributed by atoms with E-state index >= 15 is 0 Å². The Kier molecular flexibility index (Phi) is 12.9. The fourth-order valence-electron chi connectivity index (χ4n) is 10.8. The zero-order valence-electron chi connectivity index (χ0n) is 43.7. The summed E-state index contributed by atoms with van der Waals surface area (Å²) in [7, 11) is 1.72. The van der Waals surface area contributed by atoms with E-state index in [-0.39, 0.29) is 10.8 Å². The van der Waals surface area contributed by atoms with Gasteiger partial charge in [0, 0.05) is 33.5 Å². The maximum Gasteiger partial charge on any atom is 0.119 e. The molecule has 0 aliphatic heterocycles. The van der Waals surface area contributed by atoms with Crippen molar-refractivity contribution in [2.75, 3.05) is 12.0 Å². The highest BCUT2D eigenvalue weighted by atomic mass is 16.5. The Morgan fingerprint density at radius 1 is 0.378 bits per heavy atom. The van der Waals surface area contributed by atoms with Crippen LogP contribution in [-0.4, -0.2) is 11.7 Å². The Morgan fingerprint density at radius 3 is 1.08 bits per heavy atom. The van der Waals surface area contributed by atoms with E-state index in [1.165, 1.54) is 60.8 Å². The molecule has 0 aliphatic carbocycles. The van der Waals surface area contributed by atoms with Gasteiger partial charge in [-0.15, -0.1) is 0 Å². The lowest BCUT2D eigenvalue weighted by Gasteiger charge is -2.36. The van der Waals surface area contributed by atoms with E-state index in [4.69, 9.17) is 4.74 Å². The van der Waals surface area contributed by atoms with Crippen LogP contribution in [0.25, 0.3) is 83.1 Å². The third-order valence-corrected chi connectivity index (χ3v) is 14.7. The van der Waals surface area contributed by atoms with Crippen LogP contribution in [0.1, 0.15) is 59.4 Å². The average Bonchev–Trinajstić information content (AvgIpc) is 3.76. The van der Waals surface area contributed by atoms with Crippen LogP contribution in [0.5, 0.6) is 5.75 Å². The SMILES string of the molecule is COc1ccc(-n2c3ccc(-c4ccc(-c5ccc(C(CC(C)(C)C)C(C)(C)C)cc5)cc4)cc3c3cc(-c4ccc(N(c5ccc(-c6ccccc6)cc5)c5ccc(-c6ccccc6)cc5)cc4)ccc32)cc1. The Bertz CT molecular complexity index is 3590. The number of benzene rings is 10. The van der Waals surface area contributed by atoms with Crippen LogP contribution >= 0.6 is 0 Å². The van der Waals surface area contributed by atoms with Crippen LogP contribution in [0, 0.1) is 10.8 Å². The number of hydrogen-bond donors (Lipinski definition) is 0. The van der Waals surface area contributed by atoms with Crippen molar-refractivity contribution in [3.63, 3.8) is 0 Å². The van der Waals surface area contributed by atoms with Crippen molar-refractivity contribution in [1.29, 1.82) is 0 Å². The average molecular weight is 961 g/mol. The lowest BCUT2D eigenvalue weighted by atomic mass is 9.69. The summed E-state index contributed by atoms with van der Waals surface area (Å²) in [6, 6.07) is 88.6. The maximum absolute atomic E-state index is 5.57. The van der Waals surface area contributed by atoms with Crippen molar-refractivity contribution in [3.05, 3.63) is 248 Å². The highest BCUT2D eigenvalue weighted by molar-refractivity contribution is 6.11. The van der Waals surface area contributed by atoms with Crippen LogP contribution in [-0.2, 0) is 0 Å². The van der Waals surface area contributed by atoms with E-state index in [0.717, 1.165) is 57.1 Å². The smallest absolute Gasteiger partial charge is 0.119 e. The van der Waals surface area contributed by atoms with Gasteiger partial charge >= 0.3 is 0 Å². The summed E-state index contributed by atoms with van der Waals surface area (Å²) in [4.78, 5) is 2.35. The highest BCUT2D eigenvalue weighted by Gasteiger charge is 2.30. The number of aromatic nitrogens is 1. The third-order valence-electron chi connectivity index (χ3n) is 14.7. The van der Waals surface area contributed by atoms with Crippen molar-refractivity contribution in [2.24, 2.45) is 10.8 Å². The molecular weight excluding hydrogens is 897 g/mol. The molecule has 0 radical (unpaired) electrons. The van der Waals surface area contributed by atoms with E-state index < -0.39 is 0 Å². The minimum absolute atomic E-state index is 0.184. The standard InChI is InChI=1S/C71H64N2O/c1-70(2,3)48-67(71(4,5)6)57-24-22-52(23-25-57)51-18-20-55(21-19-51)58-32-44-68-65(46-58)66-47-59(33-45-69(66)73(68)63-40-42-64(74-7)43-41-63)56-30-38-62(39-31-56)72(60-34-26-53(27-35-60)49-14-10-8-11-15-49)61-36-28-54(29-37-61)50-16-12-9-13-17-50/h8-47,67H,48H2,1-7H3. The molecule has 11 rings (SSSR count). The summed E-state index contributed by atoms with van der Waals surface area (Å²) >= 11 is 0. The van der Waals surface area contributed by atoms with Gasteiger partial charge in [0.2, 0.25) is 0 Å². The quantitative estimate of drug-likeness (QED) is 0.121. The van der Waals surface area contributed by atoms with Gasteiger partial charge in [0.15, 0.2) is 0 Å². The van der Waals surface area contributed by atoms with Crippen molar-refractivity contribution in [1.82, 2.24) is 4.57 Å². The van der Waals surface area contributed by atoms with Crippen LogP contribution < -0.4 is 9.64 Å². The van der Waals surface area contributed by atoms with E-state index in [0.29, 0.717) is 5.92 Å². The first-order valence-corrected chi connectivity index (χ1v) is 26.0. The molecule has 3 heteroatoms. The summed E-state index contributed by atoms with van der Waals surface area (Å²) in [5.74, 6) is 1.32. The molecule has 0 N–H and O–H groups in total.